The molecule has 2 rings (SSSR count). The average Bonchev–Trinajstić information content (AvgIpc) is 2.60. The molecule has 0 bridgehead atoms. The number of hydrogen-bond donors (Lipinski definition) is 4. The number of hydrogen-bond acceptors (Lipinski definition) is 5. The number of carbonyl (C=O) groups is 3. The van der Waals surface area contributed by atoms with Crippen LogP contribution in [0.3, 0.4) is 0 Å². The molecule has 128 valence electrons. The Hall–Kier alpha value is -3.68. The van der Waals surface area contributed by atoms with Gasteiger partial charge in [-0.25, -0.2) is 5.43 Å². The molecule has 3 amide bonds. The molecule has 0 aliphatic carbocycles. The second-order valence-electron chi connectivity index (χ2n) is 5.08. The van der Waals surface area contributed by atoms with Gasteiger partial charge < -0.3 is 16.2 Å². The third kappa shape index (κ3) is 4.90. The first-order valence-corrected chi connectivity index (χ1v) is 7.21. The zero-order valence-corrected chi connectivity index (χ0v) is 13.3. The number of nitrogens with one attached hydrogen (secondary N) is 2. The zero-order chi connectivity index (χ0) is 18.4. The van der Waals surface area contributed by atoms with Crippen LogP contribution in [-0.2, 0) is 9.59 Å². The highest BCUT2D eigenvalue weighted by Crippen LogP contribution is 2.10. The molecule has 0 heterocycles. The molecule has 0 saturated carbocycles. The first-order chi connectivity index (χ1) is 11.9. The molecule has 0 spiro atoms. The maximum Gasteiger partial charge on any atom is 0.329 e. The molecular weight excluding hydrogens is 324 g/mol. The van der Waals surface area contributed by atoms with Gasteiger partial charge >= 0.3 is 11.8 Å². The van der Waals surface area contributed by atoms with E-state index in [0.717, 1.165) is 0 Å². The van der Waals surface area contributed by atoms with E-state index < -0.39 is 17.7 Å². The first-order valence-electron chi connectivity index (χ1n) is 7.21. The van der Waals surface area contributed by atoms with Gasteiger partial charge in [-0.1, -0.05) is 0 Å². The van der Waals surface area contributed by atoms with Gasteiger partial charge in [0.1, 0.15) is 5.75 Å². The van der Waals surface area contributed by atoms with Gasteiger partial charge in [0.2, 0.25) is 5.91 Å². The van der Waals surface area contributed by atoms with Crippen molar-refractivity contribution in [2.75, 3.05) is 5.32 Å². The summed E-state index contributed by atoms with van der Waals surface area (Å²) < 4.78 is 0. The van der Waals surface area contributed by atoms with Crippen LogP contribution >= 0.6 is 0 Å². The van der Waals surface area contributed by atoms with Gasteiger partial charge in [-0.15, -0.1) is 0 Å². The first kappa shape index (κ1) is 17.7. The third-order valence-electron chi connectivity index (χ3n) is 3.24. The van der Waals surface area contributed by atoms with Crippen molar-refractivity contribution >= 4 is 29.1 Å². The Morgan fingerprint density at radius 2 is 1.48 bits per heavy atom. The number of phenols is 1. The van der Waals surface area contributed by atoms with Crippen molar-refractivity contribution in [3.63, 3.8) is 0 Å². The average molecular weight is 340 g/mol. The highest BCUT2D eigenvalue weighted by Gasteiger charge is 2.13. The molecule has 0 radical (unpaired) electrons. The van der Waals surface area contributed by atoms with Crippen LogP contribution < -0.4 is 16.5 Å². The van der Waals surface area contributed by atoms with E-state index in [1.165, 1.54) is 36.4 Å². The number of nitrogens with zero attached hydrogens (tertiary/aromatic N) is 1. The van der Waals surface area contributed by atoms with Crippen molar-refractivity contribution < 1.29 is 19.5 Å². The quantitative estimate of drug-likeness (QED) is 0.375. The van der Waals surface area contributed by atoms with E-state index >= 15 is 0 Å². The van der Waals surface area contributed by atoms with E-state index in [2.05, 4.69) is 15.8 Å². The molecule has 2 aromatic rings. The van der Waals surface area contributed by atoms with Crippen LogP contribution in [0, 0.1) is 0 Å². The number of carbonyl (C=O) groups excluding carboxylic acids is 3. The summed E-state index contributed by atoms with van der Waals surface area (Å²) in [6.07, 6.45) is 0. The van der Waals surface area contributed by atoms with Crippen molar-refractivity contribution in [3.05, 3.63) is 59.7 Å². The Kier molecular flexibility index (Phi) is 5.47. The maximum absolute atomic E-state index is 11.8. The van der Waals surface area contributed by atoms with Crippen molar-refractivity contribution in [3.8, 4) is 5.75 Å². The highest BCUT2D eigenvalue weighted by molar-refractivity contribution is 6.39. The van der Waals surface area contributed by atoms with Crippen molar-refractivity contribution in [1.82, 2.24) is 5.43 Å². The molecule has 0 aliphatic heterocycles. The van der Waals surface area contributed by atoms with E-state index in [4.69, 9.17) is 5.73 Å². The van der Waals surface area contributed by atoms with Gasteiger partial charge in [0.15, 0.2) is 0 Å². The Labute approximate surface area is 143 Å². The van der Waals surface area contributed by atoms with Gasteiger partial charge in [-0.2, -0.15) is 5.10 Å². The molecule has 2 aromatic carbocycles. The standard InChI is InChI=1S/C17H16N4O4/c1-10(11-4-8-14(22)9-5-11)20-21-17(25)16(24)19-13-6-2-12(3-7-13)15(18)23/h2-9,22H,1H3,(H2,18,23)(H,19,24)(H,21,25)/b20-10+. The SMILES string of the molecule is C/C(=N\NC(=O)C(=O)Nc1ccc(C(N)=O)cc1)c1ccc(O)cc1. The number of rotatable bonds is 4. The van der Waals surface area contributed by atoms with Crippen molar-refractivity contribution in [1.29, 1.82) is 0 Å². The van der Waals surface area contributed by atoms with Crippen LogP contribution in [0.4, 0.5) is 5.69 Å². The monoisotopic (exact) mass is 340 g/mol. The predicted octanol–water partition coefficient (Wildman–Crippen LogP) is 0.970. The van der Waals surface area contributed by atoms with E-state index in [9.17, 15) is 19.5 Å². The minimum atomic E-state index is -0.947. The van der Waals surface area contributed by atoms with Crippen LogP contribution in [0.15, 0.2) is 53.6 Å². The fraction of sp³-hybridized carbons (Fsp3) is 0.0588. The zero-order valence-electron chi connectivity index (χ0n) is 13.3. The molecular formula is C17H16N4O4. The van der Waals surface area contributed by atoms with Crippen LogP contribution in [0.1, 0.15) is 22.8 Å². The molecule has 0 atom stereocenters. The van der Waals surface area contributed by atoms with Gasteiger partial charge in [-0.05, 0) is 61.0 Å². The summed E-state index contributed by atoms with van der Waals surface area (Å²) in [5, 5.41) is 15.4. The summed E-state index contributed by atoms with van der Waals surface area (Å²) in [6, 6.07) is 12.0. The number of hydrazone groups is 1. The number of amides is 3. The third-order valence-corrected chi connectivity index (χ3v) is 3.24. The fourth-order valence-corrected chi connectivity index (χ4v) is 1.86. The number of nitrogens with two attached hydrogens (primary N) is 1. The smallest absolute Gasteiger partial charge is 0.329 e. The largest absolute Gasteiger partial charge is 0.508 e. The molecule has 8 nitrogen and oxygen atoms in total. The van der Waals surface area contributed by atoms with E-state index in [1.54, 1.807) is 19.1 Å². The second-order valence-corrected chi connectivity index (χ2v) is 5.08. The lowest BCUT2D eigenvalue weighted by Gasteiger charge is -2.05. The summed E-state index contributed by atoms with van der Waals surface area (Å²) in [6.45, 7) is 1.65. The van der Waals surface area contributed by atoms with Crippen LogP contribution in [-0.4, -0.2) is 28.5 Å². The number of primary amides is 1. The number of benzene rings is 2. The fourth-order valence-electron chi connectivity index (χ4n) is 1.86. The lowest BCUT2D eigenvalue weighted by molar-refractivity contribution is -0.136. The minimum Gasteiger partial charge on any atom is -0.508 e. The van der Waals surface area contributed by atoms with Crippen molar-refractivity contribution in [2.45, 2.75) is 6.92 Å². The maximum atomic E-state index is 11.8. The number of aromatic hydroxyl groups is 1. The lowest BCUT2D eigenvalue weighted by Crippen LogP contribution is -2.33. The molecule has 25 heavy (non-hydrogen) atoms. The number of phenolic OH excluding ortho intramolecular Hbond substituents is 1. The summed E-state index contributed by atoms with van der Waals surface area (Å²) in [7, 11) is 0. The molecule has 0 saturated heterocycles. The minimum absolute atomic E-state index is 0.113. The Balaban J connectivity index is 1.95. The topological polar surface area (TPSA) is 134 Å². The summed E-state index contributed by atoms with van der Waals surface area (Å²) in [4.78, 5) is 34.5. The Bertz CT molecular complexity index is 827. The van der Waals surface area contributed by atoms with E-state index in [0.29, 0.717) is 17.0 Å². The van der Waals surface area contributed by atoms with Gasteiger partial charge in [0.05, 0.1) is 5.71 Å². The normalized spacial score (nSPS) is 10.8. The highest BCUT2D eigenvalue weighted by atomic mass is 16.3. The van der Waals surface area contributed by atoms with Gasteiger partial charge in [0, 0.05) is 11.3 Å². The van der Waals surface area contributed by atoms with Crippen molar-refractivity contribution in [2.24, 2.45) is 10.8 Å². The molecule has 0 unspecified atom stereocenters. The van der Waals surface area contributed by atoms with E-state index in [-0.39, 0.29) is 11.3 Å². The second kappa shape index (κ2) is 7.73. The summed E-state index contributed by atoms with van der Waals surface area (Å²) in [5.74, 6) is -2.33. The van der Waals surface area contributed by atoms with Crippen LogP contribution in [0.5, 0.6) is 5.75 Å². The predicted molar refractivity (Wildman–Crippen MR) is 92.1 cm³/mol. The summed E-state index contributed by atoms with van der Waals surface area (Å²) >= 11 is 0. The molecule has 0 aliphatic rings. The molecule has 8 heteroatoms. The molecule has 5 N–H and O–H groups in total. The summed E-state index contributed by atoms with van der Waals surface area (Å²) in [5.41, 5.74) is 9.04. The van der Waals surface area contributed by atoms with Gasteiger partial charge in [0.25, 0.3) is 0 Å². The van der Waals surface area contributed by atoms with Crippen LogP contribution in [0.25, 0.3) is 0 Å². The molecule has 0 fully saturated rings. The Morgan fingerprint density at radius 1 is 0.920 bits per heavy atom. The molecule has 0 aromatic heterocycles. The number of anilines is 1. The van der Waals surface area contributed by atoms with Crippen LogP contribution in [0.2, 0.25) is 0 Å². The Morgan fingerprint density at radius 3 is 2.04 bits per heavy atom. The lowest BCUT2D eigenvalue weighted by atomic mass is 10.1. The van der Waals surface area contributed by atoms with E-state index in [1.807, 2.05) is 0 Å². The van der Waals surface area contributed by atoms with Gasteiger partial charge in [-0.3, -0.25) is 14.4 Å².